The lowest BCUT2D eigenvalue weighted by Gasteiger charge is -2.30. The zero-order valence-corrected chi connectivity index (χ0v) is 20.5. The second kappa shape index (κ2) is 10.4. The summed E-state index contributed by atoms with van der Waals surface area (Å²) in [4.78, 5) is 26.8. The topological polar surface area (TPSA) is 83.5 Å². The number of sulfone groups is 1. The van der Waals surface area contributed by atoms with Crippen LogP contribution >= 0.6 is 34.8 Å². The van der Waals surface area contributed by atoms with Crippen LogP contribution in [0.1, 0.15) is 37.7 Å². The molecule has 1 aliphatic heterocycles. The van der Waals surface area contributed by atoms with Crippen molar-refractivity contribution in [3.05, 3.63) is 51.0 Å². The summed E-state index contributed by atoms with van der Waals surface area (Å²) in [6, 6.07) is 7.65. The smallest absolute Gasteiger partial charge is 0.227 e. The lowest BCUT2D eigenvalue weighted by molar-refractivity contribution is -0.119. The van der Waals surface area contributed by atoms with E-state index in [1.165, 1.54) is 18.2 Å². The Balaban J connectivity index is 1.50. The number of halogens is 3. The number of nitrogens with zero attached hydrogens (tertiary/aromatic N) is 1. The van der Waals surface area contributed by atoms with Crippen LogP contribution in [-0.2, 0) is 25.8 Å². The molecule has 1 aliphatic rings. The van der Waals surface area contributed by atoms with E-state index in [0.717, 1.165) is 30.3 Å². The fourth-order valence-electron chi connectivity index (χ4n) is 3.64. The van der Waals surface area contributed by atoms with Crippen LogP contribution in [0.15, 0.2) is 35.2 Å². The molecule has 2 aromatic carbocycles. The predicted octanol–water partition coefficient (Wildman–Crippen LogP) is 5.53. The van der Waals surface area contributed by atoms with Crippen molar-refractivity contribution in [1.29, 1.82) is 0 Å². The molecule has 0 saturated carbocycles. The summed E-state index contributed by atoms with van der Waals surface area (Å²) in [6.07, 6.45) is 4.34. The number of unbranched alkanes of at least 4 members (excludes halogenated alkanes) is 1. The number of carbonyl (C=O) groups excluding carboxylic acids is 2. The molecule has 0 aromatic heterocycles. The number of hydrogen-bond acceptors (Lipinski definition) is 4. The van der Waals surface area contributed by atoms with E-state index in [1.807, 2.05) is 6.07 Å². The fourth-order valence-corrected chi connectivity index (χ4v) is 5.22. The number of anilines is 2. The van der Waals surface area contributed by atoms with Gasteiger partial charge in [0.05, 0.1) is 26.3 Å². The standard InChI is InChI=1S/C22H23Cl3N2O4S/c1-32(30,31)16-8-9-19(17(24)13-16)26-20(28)6-2-3-7-21(29)27-10-4-5-14-11-15(23)12-18(25)22(14)27/h8-9,11-13H,2-7,10H2,1H3,(H,26,28). The quantitative estimate of drug-likeness (QED) is 0.490. The Morgan fingerprint density at radius 2 is 1.75 bits per heavy atom. The van der Waals surface area contributed by atoms with E-state index in [1.54, 1.807) is 11.0 Å². The maximum atomic E-state index is 12.8. The molecule has 2 amide bonds. The Hall–Kier alpha value is -1.80. The number of hydrogen-bond donors (Lipinski definition) is 1. The van der Waals surface area contributed by atoms with Crippen molar-refractivity contribution in [1.82, 2.24) is 0 Å². The van der Waals surface area contributed by atoms with Gasteiger partial charge in [-0.25, -0.2) is 8.42 Å². The Kier molecular flexibility index (Phi) is 8.09. The van der Waals surface area contributed by atoms with E-state index >= 15 is 0 Å². The van der Waals surface area contributed by atoms with Gasteiger partial charge >= 0.3 is 0 Å². The third-order valence-electron chi connectivity index (χ3n) is 5.19. The predicted molar refractivity (Wildman–Crippen MR) is 129 cm³/mol. The first-order chi connectivity index (χ1) is 15.1. The summed E-state index contributed by atoms with van der Waals surface area (Å²) in [5.74, 6) is -0.289. The molecule has 2 aromatic rings. The van der Waals surface area contributed by atoms with Crippen LogP contribution in [0.5, 0.6) is 0 Å². The zero-order chi connectivity index (χ0) is 23.5. The maximum absolute atomic E-state index is 12.8. The van der Waals surface area contributed by atoms with E-state index in [9.17, 15) is 18.0 Å². The van der Waals surface area contributed by atoms with Gasteiger partial charge in [-0.3, -0.25) is 9.59 Å². The van der Waals surface area contributed by atoms with Gasteiger partial charge in [0.25, 0.3) is 0 Å². The second-order valence-corrected chi connectivity index (χ2v) is 11.0. The average Bonchev–Trinajstić information content (AvgIpc) is 2.71. The first-order valence-electron chi connectivity index (χ1n) is 10.1. The monoisotopic (exact) mass is 516 g/mol. The summed E-state index contributed by atoms with van der Waals surface area (Å²) in [5, 5.41) is 3.85. The molecule has 1 N–H and O–H groups in total. The van der Waals surface area contributed by atoms with Gasteiger partial charge < -0.3 is 10.2 Å². The molecule has 1 heterocycles. The zero-order valence-electron chi connectivity index (χ0n) is 17.5. The van der Waals surface area contributed by atoms with Crippen molar-refractivity contribution in [2.75, 3.05) is 23.0 Å². The van der Waals surface area contributed by atoms with Crippen LogP contribution in [0.3, 0.4) is 0 Å². The molecule has 0 aliphatic carbocycles. The van der Waals surface area contributed by atoms with E-state index in [2.05, 4.69) is 5.32 Å². The van der Waals surface area contributed by atoms with E-state index in [4.69, 9.17) is 34.8 Å². The minimum Gasteiger partial charge on any atom is -0.325 e. The number of carbonyl (C=O) groups is 2. The molecule has 6 nitrogen and oxygen atoms in total. The molecule has 3 rings (SSSR count). The summed E-state index contributed by atoms with van der Waals surface area (Å²) in [5.41, 5.74) is 2.05. The van der Waals surface area contributed by atoms with Crippen LogP contribution < -0.4 is 10.2 Å². The Morgan fingerprint density at radius 3 is 2.44 bits per heavy atom. The van der Waals surface area contributed by atoms with E-state index in [-0.39, 0.29) is 28.2 Å². The van der Waals surface area contributed by atoms with Crippen molar-refractivity contribution in [2.45, 2.75) is 43.4 Å². The van der Waals surface area contributed by atoms with Crippen LogP contribution in [0.4, 0.5) is 11.4 Å². The number of aryl methyl sites for hydroxylation is 1. The van der Waals surface area contributed by atoms with Crippen molar-refractivity contribution >= 4 is 67.8 Å². The van der Waals surface area contributed by atoms with Crippen LogP contribution in [0.25, 0.3) is 0 Å². The molecule has 0 atom stereocenters. The Bertz CT molecular complexity index is 1150. The molecule has 0 saturated heterocycles. The second-order valence-electron chi connectivity index (χ2n) is 7.71. The van der Waals surface area contributed by atoms with E-state index in [0.29, 0.717) is 41.5 Å². The fraction of sp³-hybridized carbons (Fsp3) is 0.364. The maximum Gasteiger partial charge on any atom is 0.227 e. The Labute approximate surface area is 202 Å². The van der Waals surface area contributed by atoms with Gasteiger partial charge in [0, 0.05) is 30.7 Å². The molecule has 32 heavy (non-hydrogen) atoms. The molecule has 10 heteroatoms. The van der Waals surface area contributed by atoms with Crippen LogP contribution in [0, 0.1) is 0 Å². The highest BCUT2D eigenvalue weighted by Gasteiger charge is 2.25. The highest BCUT2D eigenvalue weighted by atomic mass is 35.5. The van der Waals surface area contributed by atoms with Crippen molar-refractivity contribution in [3.8, 4) is 0 Å². The number of rotatable bonds is 7. The highest BCUT2D eigenvalue weighted by molar-refractivity contribution is 7.90. The van der Waals surface area contributed by atoms with Gasteiger partial charge in [-0.15, -0.1) is 0 Å². The molecule has 172 valence electrons. The van der Waals surface area contributed by atoms with Crippen LogP contribution in [0.2, 0.25) is 15.1 Å². The van der Waals surface area contributed by atoms with Crippen molar-refractivity contribution in [2.24, 2.45) is 0 Å². The van der Waals surface area contributed by atoms with Gasteiger partial charge in [-0.05, 0) is 61.6 Å². The molecule has 0 unspecified atom stereocenters. The first-order valence-corrected chi connectivity index (χ1v) is 13.2. The molecule has 0 radical (unpaired) electrons. The minimum atomic E-state index is -3.38. The molecular formula is C22H23Cl3N2O4S. The first kappa shape index (κ1) is 24.8. The molecule has 0 bridgehead atoms. The molecule has 0 spiro atoms. The summed E-state index contributed by atoms with van der Waals surface area (Å²) < 4.78 is 23.1. The number of fused-ring (bicyclic) bond motifs is 1. The normalized spacial score (nSPS) is 13.6. The third-order valence-corrected chi connectivity index (χ3v) is 7.12. The highest BCUT2D eigenvalue weighted by Crippen LogP contribution is 2.37. The van der Waals surface area contributed by atoms with Gasteiger partial charge in [0.1, 0.15) is 0 Å². The SMILES string of the molecule is CS(=O)(=O)c1ccc(NC(=O)CCCCC(=O)N2CCCc3cc(Cl)cc(Cl)c32)c(Cl)c1. The number of nitrogens with one attached hydrogen (secondary N) is 1. The van der Waals surface area contributed by atoms with Gasteiger partial charge in [-0.1, -0.05) is 34.8 Å². The van der Waals surface area contributed by atoms with Gasteiger partial charge in [-0.2, -0.15) is 0 Å². The minimum absolute atomic E-state index is 0.0324. The lowest BCUT2D eigenvalue weighted by atomic mass is 10.0. The van der Waals surface area contributed by atoms with E-state index < -0.39 is 9.84 Å². The van der Waals surface area contributed by atoms with Gasteiger partial charge in [0.2, 0.25) is 11.8 Å². The van der Waals surface area contributed by atoms with Crippen LogP contribution in [-0.4, -0.2) is 33.0 Å². The van der Waals surface area contributed by atoms with Gasteiger partial charge in [0.15, 0.2) is 9.84 Å². The molecule has 0 fully saturated rings. The summed E-state index contributed by atoms with van der Waals surface area (Å²) in [6.45, 7) is 0.607. The number of benzene rings is 2. The summed E-state index contributed by atoms with van der Waals surface area (Å²) >= 11 is 18.5. The summed E-state index contributed by atoms with van der Waals surface area (Å²) in [7, 11) is -3.38. The van der Waals surface area contributed by atoms with Crippen molar-refractivity contribution in [3.63, 3.8) is 0 Å². The number of amides is 2. The lowest BCUT2D eigenvalue weighted by Crippen LogP contribution is -2.35. The Morgan fingerprint density at radius 1 is 1.03 bits per heavy atom. The van der Waals surface area contributed by atoms with Crippen molar-refractivity contribution < 1.29 is 18.0 Å². The largest absolute Gasteiger partial charge is 0.325 e. The third kappa shape index (κ3) is 6.16. The average molecular weight is 518 g/mol. The molecular weight excluding hydrogens is 495 g/mol.